The van der Waals surface area contributed by atoms with Crippen molar-refractivity contribution >= 4 is 33.4 Å². The normalized spacial score (nSPS) is 11.5. The second-order valence-corrected chi connectivity index (χ2v) is 15.6. The van der Waals surface area contributed by atoms with E-state index in [1.54, 1.807) is 0 Å². The number of nitrogens with zero attached hydrogens (tertiary/aromatic N) is 2. The van der Waals surface area contributed by atoms with Crippen LogP contribution in [0.2, 0.25) is 0 Å². The summed E-state index contributed by atoms with van der Waals surface area (Å²) >= 11 is 0. The third-order valence-corrected chi connectivity index (χ3v) is 10.8. The van der Waals surface area contributed by atoms with Crippen LogP contribution >= 0.6 is 0 Å². The van der Waals surface area contributed by atoms with Crippen LogP contribution in [0, 0.1) is 0 Å². The third-order valence-electron chi connectivity index (χ3n) is 9.92. The van der Waals surface area contributed by atoms with Gasteiger partial charge < -0.3 is 19.8 Å². The van der Waals surface area contributed by atoms with Crippen molar-refractivity contribution in [1.82, 2.24) is 8.97 Å². The largest absolute Gasteiger partial charge is 0.545 e. The molecular weight excluding hydrogens is 701 g/mol. The van der Waals surface area contributed by atoms with Crippen molar-refractivity contribution in [3.8, 4) is 0 Å². The Labute approximate surface area is 327 Å². The predicted octanol–water partition coefficient (Wildman–Crippen LogP) is 8.45. The molecule has 302 valence electrons. The molecule has 0 radical (unpaired) electrons. The van der Waals surface area contributed by atoms with Gasteiger partial charge in [-0.15, -0.1) is 0 Å². The smallest absolute Gasteiger partial charge is 0.294 e. The summed E-state index contributed by atoms with van der Waals surface area (Å²) in [5.74, 6) is -3.54. The van der Waals surface area contributed by atoms with Crippen LogP contribution in [0.15, 0.2) is 83.8 Å². The molecule has 10 heteroatoms. The van der Waals surface area contributed by atoms with Gasteiger partial charge in [-0.3, -0.25) is 13.5 Å². The van der Waals surface area contributed by atoms with Gasteiger partial charge >= 0.3 is 0 Å². The molecule has 0 saturated heterocycles. The lowest BCUT2D eigenvalue weighted by molar-refractivity contribution is -0.255. The molecule has 0 bridgehead atoms. The number of unbranched alkanes of at least 4 members (excludes halogenated alkanes) is 6. The topological polar surface area (TPSA) is 135 Å². The van der Waals surface area contributed by atoms with Crippen LogP contribution in [0.25, 0.3) is 0 Å². The molecule has 1 N–H and O–H groups in total. The molecule has 0 aliphatic rings. The fraction of sp³-hybridized carbons (Fsp3) is 0.545. The standard InChI is InChI=1S/2C18H32N.C8H6O7S/c2*1-4-7-15-19(16-8-5-2,17-9-6-3)18-13-11-10-12-14-18;9-7(10)4-1-5(8(11)12)3-6(2-4)16(13,14)15/h2*10-14H,4-9,15-17H2,1-3H3;1-3H,(H,9,10)(H,11,12)(H,13,14,15)/q2*+1;/p-2. The highest BCUT2D eigenvalue weighted by atomic mass is 32.2. The summed E-state index contributed by atoms with van der Waals surface area (Å²) in [5.41, 5.74) is 1.68. The number of carboxylic acid groups (broad SMARTS) is 2. The van der Waals surface area contributed by atoms with Gasteiger partial charge in [-0.25, -0.2) is 0 Å². The van der Waals surface area contributed by atoms with Crippen LogP contribution in [0.1, 0.15) is 139 Å². The first-order chi connectivity index (χ1) is 25.8. The molecule has 0 saturated carbocycles. The van der Waals surface area contributed by atoms with Crippen molar-refractivity contribution < 1.29 is 32.8 Å². The van der Waals surface area contributed by atoms with Crippen molar-refractivity contribution in [2.45, 2.75) is 123 Å². The Morgan fingerprint density at radius 2 is 0.759 bits per heavy atom. The van der Waals surface area contributed by atoms with Gasteiger partial charge in [-0.1, -0.05) is 116 Å². The van der Waals surface area contributed by atoms with Crippen LogP contribution in [0.4, 0.5) is 11.4 Å². The van der Waals surface area contributed by atoms with E-state index >= 15 is 0 Å². The van der Waals surface area contributed by atoms with Crippen molar-refractivity contribution in [2.24, 2.45) is 0 Å². The number of benzene rings is 3. The Morgan fingerprint density at radius 1 is 0.500 bits per heavy atom. The fourth-order valence-electron chi connectivity index (χ4n) is 6.68. The van der Waals surface area contributed by atoms with E-state index in [0.717, 1.165) is 0 Å². The molecule has 0 atom stereocenters. The Morgan fingerprint density at radius 3 is 0.963 bits per heavy atom. The van der Waals surface area contributed by atoms with E-state index in [-0.39, 0.29) is 0 Å². The molecule has 0 aromatic heterocycles. The molecule has 3 aromatic carbocycles. The van der Waals surface area contributed by atoms with E-state index in [1.165, 1.54) is 137 Å². The molecule has 54 heavy (non-hydrogen) atoms. The zero-order valence-corrected chi connectivity index (χ0v) is 34.7. The Hall–Kier alpha value is -3.57. The number of carbonyl (C=O) groups excluding carboxylic acids is 2. The van der Waals surface area contributed by atoms with Crippen LogP contribution in [-0.4, -0.2) is 64.2 Å². The maximum Gasteiger partial charge on any atom is 0.294 e. The van der Waals surface area contributed by atoms with Crippen LogP contribution in [0.5, 0.6) is 0 Å². The van der Waals surface area contributed by atoms with E-state index in [4.69, 9.17) is 4.55 Å². The Bertz CT molecular complexity index is 1440. The van der Waals surface area contributed by atoms with Crippen LogP contribution in [-0.2, 0) is 10.1 Å². The molecule has 0 unspecified atom stereocenters. The number of aromatic carboxylic acids is 2. The Balaban J connectivity index is 0.000000407. The van der Waals surface area contributed by atoms with Gasteiger partial charge in [0.25, 0.3) is 10.1 Å². The summed E-state index contributed by atoms with van der Waals surface area (Å²) in [5, 5.41) is 20.9. The zero-order valence-electron chi connectivity index (χ0n) is 33.9. The molecule has 3 aromatic rings. The van der Waals surface area contributed by atoms with Gasteiger partial charge in [0, 0.05) is 0 Å². The van der Waals surface area contributed by atoms with E-state index < -0.39 is 38.1 Å². The minimum atomic E-state index is -4.70. The summed E-state index contributed by atoms with van der Waals surface area (Å²) in [6.07, 6.45) is 15.8. The molecule has 0 aliphatic heterocycles. The molecule has 0 spiro atoms. The molecule has 0 aliphatic carbocycles. The highest BCUT2D eigenvalue weighted by Gasteiger charge is 2.29. The zero-order chi connectivity index (χ0) is 40.5. The van der Waals surface area contributed by atoms with Crippen molar-refractivity contribution in [3.63, 3.8) is 0 Å². The summed E-state index contributed by atoms with van der Waals surface area (Å²) < 4.78 is 32.5. The van der Waals surface area contributed by atoms with Crippen LogP contribution in [0.3, 0.4) is 0 Å². The first-order valence-electron chi connectivity index (χ1n) is 20.2. The van der Waals surface area contributed by atoms with Gasteiger partial charge in [0.1, 0.15) is 11.4 Å². The average molecular weight is 769 g/mol. The predicted molar refractivity (Wildman–Crippen MR) is 220 cm³/mol. The van der Waals surface area contributed by atoms with E-state index in [2.05, 4.69) is 102 Å². The highest BCUT2D eigenvalue weighted by Crippen LogP contribution is 2.27. The number of hydrogen-bond acceptors (Lipinski definition) is 6. The third kappa shape index (κ3) is 16.8. The average Bonchev–Trinajstić information content (AvgIpc) is 3.18. The number of rotatable bonds is 23. The maximum atomic E-state index is 10.7. The number of carboxylic acids is 2. The summed E-state index contributed by atoms with van der Waals surface area (Å²) in [4.78, 5) is 20.1. The van der Waals surface area contributed by atoms with Gasteiger partial charge in [0.15, 0.2) is 0 Å². The summed E-state index contributed by atoms with van der Waals surface area (Å²) in [6.45, 7) is 21.7. The van der Waals surface area contributed by atoms with E-state index in [1.807, 2.05) is 0 Å². The lowest BCUT2D eigenvalue weighted by Gasteiger charge is -2.38. The van der Waals surface area contributed by atoms with E-state index in [9.17, 15) is 28.2 Å². The molecule has 3 rings (SSSR count). The molecule has 0 amide bonds. The SMILES string of the molecule is CCCC[N+](CCCC)(CCCC)c1ccccc1.CCCC[N+](CCCC)(CCCC)c1ccccc1.O=C([O-])c1cc(C(=O)[O-])cc(S(=O)(=O)O)c1. The molecule has 0 heterocycles. The molecule has 9 nitrogen and oxygen atoms in total. The number of quaternary nitrogens is 2. The van der Waals surface area contributed by atoms with Gasteiger partial charge in [0.05, 0.1) is 56.1 Å². The van der Waals surface area contributed by atoms with Crippen molar-refractivity contribution in [2.75, 3.05) is 39.3 Å². The minimum Gasteiger partial charge on any atom is -0.545 e. The van der Waals surface area contributed by atoms with Gasteiger partial charge in [-0.2, -0.15) is 8.42 Å². The second kappa shape index (κ2) is 26.3. The molecular formula is C44H68N2O7S. The second-order valence-electron chi connectivity index (χ2n) is 14.2. The lowest BCUT2D eigenvalue weighted by Crippen LogP contribution is -2.51. The first kappa shape index (κ1) is 48.4. The lowest BCUT2D eigenvalue weighted by atomic mass is 10.1. The maximum absolute atomic E-state index is 10.7. The number of para-hydroxylation sites is 2. The number of hydrogen-bond donors (Lipinski definition) is 1. The number of carbonyl (C=O) groups is 2. The van der Waals surface area contributed by atoms with Crippen LogP contribution < -0.4 is 19.2 Å². The minimum absolute atomic E-state index is 0.580. The van der Waals surface area contributed by atoms with E-state index in [0.29, 0.717) is 18.2 Å². The Kier molecular flexibility index (Phi) is 23.6. The van der Waals surface area contributed by atoms with Gasteiger partial charge in [-0.05, 0) is 92.1 Å². The summed E-state index contributed by atoms with van der Waals surface area (Å²) in [6, 6.07) is 24.2. The quantitative estimate of drug-likeness (QED) is 0.0756. The highest BCUT2D eigenvalue weighted by molar-refractivity contribution is 7.85. The first-order valence-corrected chi connectivity index (χ1v) is 21.6. The fourth-order valence-corrected chi connectivity index (χ4v) is 7.23. The van der Waals surface area contributed by atoms with Gasteiger partial charge in [0.2, 0.25) is 0 Å². The monoisotopic (exact) mass is 768 g/mol. The molecule has 0 fully saturated rings. The van der Waals surface area contributed by atoms with Crippen molar-refractivity contribution in [1.29, 1.82) is 0 Å². The van der Waals surface area contributed by atoms with Crippen molar-refractivity contribution in [3.05, 3.63) is 90.0 Å². The summed E-state index contributed by atoms with van der Waals surface area (Å²) in [7, 11) is -4.70.